The second kappa shape index (κ2) is 10.4. The molecule has 6 aliphatic heterocycles. The molecule has 0 saturated carbocycles. The average Bonchev–Trinajstić information content (AvgIpc) is 3.67. The number of likely N-dealkylation sites (tertiary alicyclic amines) is 2. The van der Waals surface area contributed by atoms with Gasteiger partial charge < -0.3 is 30.2 Å². The van der Waals surface area contributed by atoms with Crippen LogP contribution in [-0.2, 0) is 22.4 Å². The third-order valence-electron chi connectivity index (χ3n) is 10.1. The molecule has 212 valence electrons. The van der Waals surface area contributed by atoms with Crippen molar-refractivity contribution in [3.63, 3.8) is 0 Å². The van der Waals surface area contributed by atoms with Gasteiger partial charge in [0.2, 0.25) is 11.8 Å². The van der Waals surface area contributed by atoms with Gasteiger partial charge in [-0.15, -0.1) is 0 Å². The number of amides is 2. The summed E-state index contributed by atoms with van der Waals surface area (Å²) in [5.74, 6) is 3.54. The summed E-state index contributed by atoms with van der Waals surface area (Å²) < 4.78 is 0. The molecule has 8 nitrogen and oxygen atoms in total. The molecule has 6 heterocycles. The minimum absolute atomic E-state index is 0.148. The fourth-order valence-electron chi connectivity index (χ4n) is 8.12. The summed E-state index contributed by atoms with van der Waals surface area (Å²) in [6.07, 6.45) is 2.99. The quantitative estimate of drug-likeness (QED) is 0.608. The Bertz CT molecular complexity index is 1280. The number of carbonyl (C=O) groups is 2. The van der Waals surface area contributed by atoms with E-state index in [4.69, 9.17) is 0 Å². The first-order valence-electron chi connectivity index (χ1n) is 15.1. The summed E-state index contributed by atoms with van der Waals surface area (Å²) in [6, 6.07) is 12.9. The smallest absolute Gasteiger partial charge is 0.224 e. The molecule has 0 aliphatic carbocycles. The summed E-state index contributed by atoms with van der Waals surface area (Å²) in [5.41, 5.74) is 7.26. The molecule has 4 unspecified atom stereocenters. The van der Waals surface area contributed by atoms with Crippen molar-refractivity contribution < 1.29 is 9.59 Å². The second-order valence-corrected chi connectivity index (χ2v) is 13.0. The van der Waals surface area contributed by atoms with E-state index < -0.39 is 0 Å². The van der Waals surface area contributed by atoms with Crippen LogP contribution in [0.25, 0.3) is 0 Å². The van der Waals surface area contributed by atoms with Gasteiger partial charge in [0.25, 0.3) is 0 Å². The minimum Gasteiger partial charge on any atom is -0.371 e. The van der Waals surface area contributed by atoms with Gasteiger partial charge >= 0.3 is 0 Å². The lowest BCUT2D eigenvalue weighted by atomic mass is 10.0. The van der Waals surface area contributed by atoms with Gasteiger partial charge in [-0.3, -0.25) is 9.59 Å². The van der Waals surface area contributed by atoms with Gasteiger partial charge in [-0.05, 0) is 86.0 Å². The average molecular weight is 543 g/mol. The van der Waals surface area contributed by atoms with E-state index in [9.17, 15) is 9.59 Å². The molecule has 2 aromatic carbocycles. The summed E-state index contributed by atoms with van der Waals surface area (Å²) in [6.45, 7) is 9.55. The van der Waals surface area contributed by atoms with E-state index in [-0.39, 0.29) is 11.8 Å². The van der Waals surface area contributed by atoms with E-state index in [1.807, 2.05) is 6.07 Å². The van der Waals surface area contributed by atoms with Crippen molar-refractivity contribution in [3.05, 3.63) is 47.5 Å². The first kappa shape index (κ1) is 25.8. The number of benzene rings is 2. The van der Waals surface area contributed by atoms with Crippen molar-refractivity contribution in [1.29, 1.82) is 0 Å². The molecule has 8 heteroatoms. The topological polar surface area (TPSA) is 71.2 Å². The summed E-state index contributed by atoms with van der Waals surface area (Å²) in [7, 11) is 4.44. The van der Waals surface area contributed by atoms with E-state index in [1.54, 1.807) is 0 Å². The lowest BCUT2D eigenvalue weighted by molar-refractivity contribution is -0.117. The summed E-state index contributed by atoms with van der Waals surface area (Å²) >= 11 is 0. The third kappa shape index (κ3) is 4.96. The minimum atomic E-state index is 0.148. The molecule has 6 aliphatic rings. The molecule has 4 atom stereocenters. The Kier molecular flexibility index (Phi) is 6.71. The Morgan fingerprint density at radius 3 is 1.85 bits per heavy atom. The van der Waals surface area contributed by atoms with Crippen LogP contribution < -0.4 is 20.4 Å². The van der Waals surface area contributed by atoms with Crippen LogP contribution in [0.1, 0.15) is 24.0 Å². The van der Waals surface area contributed by atoms with Crippen LogP contribution in [0.4, 0.5) is 22.7 Å². The van der Waals surface area contributed by atoms with Crippen LogP contribution in [0, 0.1) is 23.7 Å². The van der Waals surface area contributed by atoms with E-state index in [2.05, 4.69) is 74.7 Å². The van der Waals surface area contributed by atoms with Crippen LogP contribution in [0.15, 0.2) is 36.4 Å². The third-order valence-corrected chi connectivity index (χ3v) is 10.1. The van der Waals surface area contributed by atoms with Crippen LogP contribution in [0.2, 0.25) is 0 Å². The van der Waals surface area contributed by atoms with E-state index >= 15 is 0 Å². The maximum absolute atomic E-state index is 11.5. The Hall–Kier alpha value is -3.10. The largest absolute Gasteiger partial charge is 0.371 e. The zero-order valence-electron chi connectivity index (χ0n) is 23.9. The lowest BCUT2D eigenvalue weighted by Gasteiger charge is -2.27. The van der Waals surface area contributed by atoms with E-state index in [0.29, 0.717) is 12.8 Å². The standard InChI is InChI=1S/2C16H21N3O/c1-18-7-12-9-19(10-13(12)8-18)14-4-2-11-3-5-16(20)17-15(11)6-14;1-18-7-11-9-19(10-12(11)8-18)15-4-2-3-14-13(15)5-6-16(20)17-14/h2,4,6,12-13H,3,5,7-10H2,1H3,(H,17,20);2-4,11-12H,5-10H2,1H3,(H,17,20). The van der Waals surface area contributed by atoms with Gasteiger partial charge in [-0.2, -0.15) is 0 Å². The highest BCUT2D eigenvalue weighted by molar-refractivity contribution is 5.95. The Balaban J connectivity index is 0.000000132. The zero-order chi connectivity index (χ0) is 27.4. The fraction of sp³-hybridized carbons (Fsp3) is 0.562. The van der Waals surface area contributed by atoms with Crippen LogP contribution >= 0.6 is 0 Å². The fourth-order valence-corrected chi connectivity index (χ4v) is 8.12. The van der Waals surface area contributed by atoms with Gasteiger partial charge in [0.1, 0.15) is 0 Å². The normalized spacial score (nSPS) is 29.2. The van der Waals surface area contributed by atoms with Crippen molar-refractivity contribution in [2.75, 3.05) is 86.9 Å². The van der Waals surface area contributed by atoms with Gasteiger partial charge in [0, 0.05) is 87.9 Å². The van der Waals surface area contributed by atoms with Crippen molar-refractivity contribution in [2.45, 2.75) is 25.7 Å². The number of nitrogens with one attached hydrogen (secondary N) is 2. The van der Waals surface area contributed by atoms with Gasteiger partial charge in [-0.1, -0.05) is 12.1 Å². The summed E-state index contributed by atoms with van der Waals surface area (Å²) in [4.78, 5) is 33.0. The zero-order valence-corrected chi connectivity index (χ0v) is 23.9. The van der Waals surface area contributed by atoms with Gasteiger partial charge in [0.15, 0.2) is 0 Å². The van der Waals surface area contributed by atoms with Crippen molar-refractivity contribution in [3.8, 4) is 0 Å². The second-order valence-electron chi connectivity index (χ2n) is 13.0. The van der Waals surface area contributed by atoms with Crippen LogP contribution in [-0.4, -0.2) is 88.1 Å². The predicted octanol–water partition coefficient (Wildman–Crippen LogP) is 3.14. The molecule has 0 radical (unpaired) electrons. The number of carbonyl (C=O) groups excluding carboxylic acids is 2. The van der Waals surface area contributed by atoms with Gasteiger partial charge in [0.05, 0.1) is 0 Å². The molecular weight excluding hydrogens is 500 g/mol. The molecular formula is C32H42N6O2. The number of nitrogens with zero attached hydrogens (tertiary/aromatic N) is 4. The number of aryl methyl sites for hydroxylation is 1. The Morgan fingerprint density at radius 2 is 1.20 bits per heavy atom. The molecule has 8 rings (SSSR count). The van der Waals surface area contributed by atoms with E-state index in [1.165, 1.54) is 61.8 Å². The monoisotopic (exact) mass is 542 g/mol. The van der Waals surface area contributed by atoms with Crippen molar-refractivity contribution in [2.24, 2.45) is 23.7 Å². The number of hydrogen-bond donors (Lipinski definition) is 2. The molecule has 2 amide bonds. The molecule has 40 heavy (non-hydrogen) atoms. The lowest BCUT2D eigenvalue weighted by Crippen LogP contribution is -2.28. The van der Waals surface area contributed by atoms with Crippen molar-refractivity contribution >= 4 is 34.6 Å². The molecule has 0 aromatic heterocycles. The first-order chi connectivity index (χ1) is 19.4. The molecule has 4 saturated heterocycles. The number of rotatable bonds is 2. The Morgan fingerprint density at radius 1 is 0.625 bits per heavy atom. The highest BCUT2D eigenvalue weighted by atomic mass is 16.2. The summed E-state index contributed by atoms with van der Waals surface area (Å²) in [5, 5.41) is 6.01. The Labute approximate surface area is 237 Å². The van der Waals surface area contributed by atoms with Gasteiger partial charge in [-0.25, -0.2) is 0 Å². The highest BCUT2D eigenvalue weighted by Crippen LogP contribution is 2.39. The maximum Gasteiger partial charge on any atom is 0.224 e. The molecule has 0 spiro atoms. The number of anilines is 4. The molecule has 2 N–H and O–H groups in total. The predicted molar refractivity (Wildman–Crippen MR) is 160 cm³/mol. The number of hydrogen-bond acceptors (Lipinski definition) is 6. The first-order valence-corrected chi connectivity index (χ1v) is 15.1. The molecule has 2 aromatic rings. The van der Waals surface area contributed by atoms with Crippen LogP contribution in [0.5, 0.6) is 0 Å². The molecule has 4 fully saturated rings. The van der Waals surface area contributed by atoms with Crippen molar-refractivity contribution in [1.82, 2.24) is 9.80 Å². The number of fused-ring (bicyclic) bond motifs is 4. The highest BCUT2D eigenvalue weighted by Gasteiger charge is 2.40. The van der Waals surface area contributed by atoms with E-state index in [0.717, 1.165) is 61.0 Å². The molecule has 0 bridgehead atoms. The SMILES string of the molecule is CN1CC2CN(c3ccc4c(c3)NC(=O)CC4)CC2C1.CN1CC2CN(c3cccc4c3CCC(=O)N4)CC2C1. The maximum atomic E-state index is 11.5. The van der Waals surface area contributed by atoms with Crippen LogP contribution in [0.3, 0.4) is 0 Å².